The predicted octanol–water partition coefficient (Wildman–Crippen LogP) is 3.97. The first-order chi connectivity index (χ1) is 9.34. The van der Waals surface area contributed by atoms with Gasteiger partial charge < -0.3 is 9.64 Å². The van der Waals surface area contributed by atoms with Crippen molar-refractivity contribution in [3.8, 4) is 5.75 Å². The molecule has 1 aromatic rings. The Morgan fingerprint density at radius 3 is 2.53 bits per heavy atom. The topological polar surface area (TPSA) is 12.5 Å². The molecule has 2 nitrogen and oxygen atoms in total. The van der Waals surface area contributed by atoms with Crippen molar-refractivity contribution in [3.63, 3.8) is 0 Å². The highest BCUT2D eigenvalue weighted by Gasteiger charge is 2.14. The molecule has 0 saturated carbocycles. The van der Waals surface area contributed by atoms with Gasteiger partial charge in [0.25, 0.3) is 0 Å². The first kappa shape index (κ1) is 14.4. The molecule has 1 aromatic carbocycles. The maximum Gasteiger partial charge on any atom is 0.119 e. The van der Waals surface area contributed by atoms with Gasteiger partial charge >= 0.3 is 0 Å². The summed E-state index contributed by atoms with van der Waals surface area (Å²) in [5.74, 6) is 1.93. The highest BCUT2D eigenvalue weighted by atomic mass is 16.5. The summed E-state index contributed by atoms with van der Waals surface area (Å²) in [4.78, 5) is 2.62. The smallest absolute Gasteiger partial charge is 0.119 e. The molecule has 0 aliphatic carbocycles. The quantitative estimate of drug-likeness (QED) is 0.689. The normalized spacial score (nSPS) is 17.5. The highest BCUT2D eigenvalue weighted by molar-refractivity contribution is 5.20. The van der Waals surface area contributed by atoms with Gasteiger partial charge in [0.2, 0.25) is 0 Å². The molecule has 0 spiro atoms. The Labute approximate surface area is 117 Å². The van der Waals surface area contributed by atoms with E-state index < -0.39 is 0 Å². The van der Waals surface area contributed by atoms with Crippen molar-refractivity contribution in [1.82, 2.24) is 4.90 Å². The Hall–Kier alpha value is -1.02. The van der Waals surface area contributed by atoms with Crippen LogP contribution in [0.4, 0.5) is 0 Å². The van der Waals surface area contributed by atoms with Gasteiger partial charge in [-0.2, -0.15) is 0 Å². The van der Waals surface area contributed by atoms with Crippen molar-refractivity contribution >= 4 is 0 Å². The number of ether oxygens (including phenoxy) is 1. The number of nitrogens with zero attached hydrogens (tertiary/aromatic N) is 1. The van der Waals surface area contributed by atoms with Crippen molar-refractivity contribution in [3.05, 3.63) is 30.3 Å². The van der Waals surface area contributed by atoms with E-state index in [4.69, 9.17) is 4.74 Å². The Morgan fingerprint density at radius 1 is 1.05 bits per heavy atom. The van der Waals surface area contributed by atoms with Crippen molar-refractivity contribution < 1.29 is 4.74 Å². The van der Waals surface area contributed by atoms with Gasteiger partial charge in [-0.1, -0.05) is 25.1 Å². The first-order valence-electron chi connectivity index (χ1n) is 7.75. The second kappa shape index (κ2) is 8.21. The summed E-state index contributed by atoms with van der Waals surface area (Å²) in [5, 5.41) is 0. The minimum absolute atomic E-state index is 0.848. The van der Waals surface area contributed by atoms with Crippen molar-refractivity contribution in [1.29, 1.82) is 0 Å². The molecule has 2 heteroatoms. The largest absolute Gasteiger partial charge is 0.494 e. The molecule has 0 unspecified atom stereocenters. The number of benzene rings is 1. The van der Waals surface area contributed by atoms with E-state index in [1.54, 1.807) is 0 Å². The van der Waals surface area contributed by atoms with Crippen LogP contribution in [0.15, 0.2) is 30.3 Å². The minimum Gasteiger partial charge on any atom is -0.494 e. The van der Waals surface area contributed by atoms with Crippen LogP contribution in [0.5, 0.6) is 5.75 Å². The molecule has 2 rings (SSSR count). The van der Waals surface area contributed by atoms with E-state index in [9.17, 15) is 0 Å². The SMILES string of the molecule is CC1CCN(CCCCCOc2ccccc2)CC1. The monoisotopic (exact) mass is 261 g/mol. The Morgan fingerprint density at radius 2 is 1.79 bits per heavy atom. The summed E-state index contributed by atoms with van der Waals surface area (Å²) < 4.78 is 5.70. The molecule has 0 N–H and O–H groups in total. The zero-order valence-electron chi connectivity index (χ0n) is 12.2. The second-order valence-corrected chi connectivity index (χ2v) is 5.75. The number of rotatable bonds is 7. The molecule has 0 aromatic heterocycles. The standard InChI is InChI=1S/C17H27NO/c1-16-10-13-18(14-11-16)12-6-3-7-15-19-17-8-4-2-5-9-17/h2,4-5,8-9,16H,3,6-7,10-15H2,1H3. The lowest BCUT2D eigenvalue weighted by Gasteiger charge is -2.30. The van der Waals surface area contributed by atoms with Gasteiger partial charge in [0.1, 0.15) is 5.75 Å². The van der Waals surface area contributed by atoms with Gasteiger partial charge in [-0.15, -0.1) is 0 Å². The van der Waals surface area contributed by atoms with E-state index in [0.717, 1.165) is 18.3 Å². The predicted molar refractivity (Wildman–Crippen MR) is 80.6 cm³/mol. The number of unbranched alkanes of at least 4 members (excludes halogenated alkanes) is 2. The summed E-state index contributed by atoms with van der Waals surface area (Å²) in [6.07, 6.45) is 6.53. The van der Waals surface area contributed by atoms with Gasteiger partial charge in [-0.3, -0.25) is 0 Å². The average Bonchev–Trinajstić information content (AvgIpc) is 2.46. The fourth-order valence-electron chi connectivity index (χ4n) is 2.61. The second-order valence-electron chi connectivity index (χ2n) is 5.75. The fourth-order valence-corrected chi connectivity index (χ4v) is 2.61. The van der Waals surface area contributed by atoms with Crippen molar-refractivity contribution in [2.75, 3.05) is 26.2 Å². The zero-order valence-corrected chi connectivity index (χ0v) is 12.2. The summed E-state index contributed by atoms with van der Waals surface area (Å²) >= 11 is 0. The molecule has 19 heavy (non-hydrogen) atoms. The Bertz CT molecular complexity index is 330. The summed E-state index contributed by atoms with van der Waals surface area (Å²) in [6, 6.07) is 10.1. The van der Waals surface area contributed by atoms with Crippen LogP contribution in [-0.2, 0) is 0 Å². The molecule has 1 saturated heterocycles. The van der Waals surface area contributed by atoms with Gasteiger partial charge in [-0.25, -0.2) is 0 Å². The van der Waals surface area contributed by atoms with Crippen LogP contribution in [0.3, 0.4) is 0 Å². The summed E-state index contributed by atoms with van der Waals surface area (Å²) in [5.41, 5.74) is 0. The molecule has 1 heterocycles. The zero-order chi connectivity index (χ0) is 13.3. The molecule has 0 atom stereocenters. The molecule has 0 bridgehead atoms. The van der Waals surface area contributed by atoms with E-state index in [1.807, 2.05) is 30.3 Å². The maximum atomic E-state index is 5.70. The Kier molecular flexibility index (Phi) is 6.22. The Balaban J connectivity index is 1.46. The minimum atomic E-state index is 0.848. The van der Waals surface area contributed by atoms with E-state index in [1.165, 1.54) is 51.7 Å². The summed E-state index contributed by atoms with van der Waals surface area (Å²) in [7, 11) is 0. The van der Waals surface area contributed by atoms with Gasteiger partial charge in [0.15, 0.2) is 0 Å². The number of piperidine rings is 1. The third-order valence-corrected chi connectivity index (χ3v) is 4.01. The number of para-hydroxylation sites is 1. The van der Waals surface area contributed by atoms with Gasteiger partial charge in [0, 0.05) is 0 Å². The van der Waals surface area contributed by atoms with Crippen LogP contribution in [-0.4, -0.2) is 31.1 Å². The lowest BCUT2D eigenvalue weighted by atomic mass is 9.99. The lowest BCUT2D eigenvalue weighted by Crippen LogP contribution is -2.33. The third kappa shape index (κ3) is 5.65. The molecule has 0 amide bonds. The van der Waals surface area contributed by atoms with Crippen LogP contribution < -0.4 is 4.74 Å². The van der Waals surface area contributed by atoms with E-state index >= 15 is 0 Å². The van der Waals surface area contributed by atoms with Crippen molar-refractivity contribution in [2.24, 2.45) is 5.92 Å². The molecule has 106 valence electrons. The first-order valence-corrected chi connectivity index (χ1v) is 7.75. The average molecular weight is 261 g/mol. The number of likely N-dealkylation sites (tertiary alicyclic amines) is 1. The van der Waals surface area contributed by atoms with Crippen LogP contribution >= 0.6 is 0 Å². The lowest BCUT2D eigenvalue weighted by molar-refractivity contribution is 0.187. The maximum absolute atomic E-state index is 5.70. The van der Waals surface area contributed by atoms with Gasteiger partial charge in [0.05, 0.1) is 6.61 Å². The molecular formula is C17H27NO. The molecule has 0 radical (unpaired) electrons. The third-order valence-electron chi connectivity index (χ3n) is 4.01. The van der Waals surface area contributed by atoms with Crippen molar-refractivity contribution in [2.45, 2.75) is 39.0 Å². The molecule has 1 aliphatic heterocycles. The van der Waals surface area contributed by atoms with Crippen LogP contribution in [0, 0.1) is 5.92 Å². The summed E-state index contributed by atoms with van der Waals surface area (Å²) in [6.45, 7) is 7.11. The van der Waals surface area contributed by atoms with E-state index in [0.29, 0.717) is 0 Å². The van der Waals surface area contributed by atoms with Crippen LogP contribution in [0.2, 0.25) is 0 Å². The van der Waals surface area contributed by atoms with E-state index in [-0.39, 0.29) is 0 Å². The molecule has 1 aliphatic rings. The van der Waals surface area contributed by atoms with Gasteiger partial charge in [-0.05, 0) is 69.8 Å². The van der Waals surface area contributed by atoms with Crippen LogP contribution in [0.1, 0.15) is 39.0 Å². The van der Waals surface area contributed by atoms with Crippen LogP contribution in [0.25, 0.3) is 0 Å². The van der Waals surface area contributed by atoms with E-state index in [2.05, 4.69) is 11.8 Å². The fraction of sp³-hybridized carbons (Fsp3) is 0.647. The highest BCUT2D eigenvalue weighted by Crippen LogP contribution is 2.16. The number of hydrogen-bond donors (Lipinski definition) is 0. The number of hydrogen-bond acceptors (Lipinski definition) is 2. The molecular weight excluding hydrogens is 234 g/mol. The molecule has 1 fully saturated rings.